The zero-order valence-electron chi connectivity index (χ0n) is 16.1. The molecule has 0 aromatic heterocycles. The number of aliphatic hydroxyl groups is 1. The van der Waals surface area contributed by atoms with Crippen LogP contribution in [0.2, 0.25) is 0 Å². The summed E-state index contributed by atoms with van der Waals surface area (Å²) in [6, 6.07) is 16.1. The average Bonchev–Trinajstić information content (AvgIpc) is 2.66. The number of amides is 1. The lowest BCUT2D eigenvalue weighted by Crippen LogP contribution is -2.42. The van der Waals surface area contributed by atoms with E-state index in [-0.39, 0.29) is 36.8 Å². The quantitative estimate of drug-likeness (QED) is 0.674. The van der Waals surface area contributed by atoms with Crippen molar-refractivity contribution in [3.05, 3.63) is 71.5 Å². The van der Waals surface area contributed by atoms with Crippen LogP contribution in [0.1, 0.15) is 31.0 Å². The molecule has 0 saturated heterocycles. The molecular weight excluding hydrogens is 343 g/mol. The summed E-state index contributed by atoms with van der Waals surface area (Å²) in [6.45, 7) is 5.42. The second kappa shape index (κ2) is 10.8. The second-order valence-electron chi connectivity index (χ2n) is 7.08. The molecule has 2 rings (SSSR count). The minimum atomic E-state index is -0.289. The Morgan fingerprint density at radius 3 is 2.33 bits per heavy atom. The van der Waals surface area contributed by atoms with E-state index in [0.29, 0.717) is 13.1 Å². The largest absolute Gasteiger partial charge is 0.395 e. The Hall–Kier alpha value is -2.24. The normalized spacial score (nSPS) is 12.4. The van der Waals surface area contributed by atoms with Gasteiger partial charge in [0, 0.05) is 13.1 Å². The highest BCUT2D eigenvalue weighted by Crippen LogP contribution is 2.21. The van der Waals surface area contributed by atoms with Gasteiger partial charge in [-0.2, -0.15) is 0 Å². The molecule has 27 heavy (non-hydrogen) atoms. The Labute approximate surface area is 161 Å². The van der Waals surface area contributed by atoms with Gasteiger partial charge in [-0.05, 0) is 35.6 Å². The van der Waals surface area contributed by atoms with Crippen LogP contribution < -0.4 is 5.32 Å². The van der Waals surface area contributed by atoms with Gasteiger partial charge in [0.2, 0.25) is 5.91 Å². The Morgan fingerprint density at radius 1 is 1.07 bits per heavy atom. The predicted octanol–water partition coefficient (Wildman–Crippen LogP) is 3.18. The Morgan fingerprint density at radius 2 is 1.74 bits per heavy atom. The van der Waals surface area contributed by atoms with E-state index in [2.05, 4.69) is 17.4 Å². The van der Waals surface area contributed by atoms with Gasteiger partial charge in [-0.15, -0.1) is 0 Å². The molecule has 2 aromatic carbocycles. The van der Waals surface area contributed by atoms with Crippen LogP contribution in [0.4, 0.5) is 4.39 Å². The van der Waals surface area contributed by atoms with Crippen molar-refractivity contribution in [2.75, 3.05) is 26.2 Å². The number of hydrogen-bond acceptors (Lipinski definition) is 3. The van der Waals surface area contributed by atoms with Gasteiger partial charge >= 0.3 is 0 Å². The van der Waals surface area contributed by atoms with Crippen LogP contribution in [0, 0.1) is 11.7 Å². The molecule has 1 unspecified atom stereocenters. The fourth-order valence-corrected chi connectivity index (χ4v) is 3.07. The molecule has 1 atom stereocenters. The Bertz CT molecular complexity index is 689. The highest BCUT2D eigenvalue weighted by Gasteiger charge is 2.20. The van der Waals surface area contributed by atoms with Gasteiger partial charge in [0.1, 0.15) is 5.82 Å². The molecule has 0 fully saturated rings. The van der Waals surface area contributed by atoms with E-state index in [1.165, 1.54) is 17.7 Å². The third-order valence-electron chi connectivity index (χ3n) is 4.56. The average molecular weight is 372 g/mol. The van der Waals surface area contributed by atoms with E-state index in [1.807, 2.05) is 36.9 Å². The number of benzene rings is 2. The van der Waals surface area contributed by atoms with Crippen molar-refractivity contribution in [2.24, 2.45) is 5.92 Å². The Balaban J connectivity index is 1.95. The van der Waals surface area contributed by atoms with Crippen LogP contribution in [-0.2, 0) is 11.2 Å². The fraction of sp³-hybridized carbons (Fsp3) is 0.409. The van der Waals surface area contributed by atoms with Crippen molar-refractivity contribution in [3.63, 3.8) is 0 Å². The van der Waals surface area contributed by atoms with E-state index in [1.54, 1.807) is 12.1 Å². The molecule has 0 radical (unpaired) electrons. The maximum absolute atomic E-state index is 13.2. The van der Waals surface area contributed by atoms with Gasteiger partial charge in [0.15, 0.2) is 0 Å². The summed E-state index contributed by atoms with van der Waals surface area (Å²) < 4.78 is 13.2. The Kier molecular flexibility index (Phi) is 8.43. The van der Waals surface area contributed by atoms with Crippen molar-refractivity contribution >= 4 is 5.91 Å². The molecule has 0 aliphatic heterocycles. The van der Waals surface area contributed by atoms with E-state index >= 15 is 0 Å². The van der Waals surface area contributed by atoms with Crippen molar-refractivity contribution in [1.82, 2.24) is 10.2 Å². The number of hydrogen-bond donors (Lipinski definition) is 2. The van der Waals surface area contributed by atoms with Crippen molar-refractivity contribution < 1.29 is 14.3 Å². The number of rotatable bonds is 10. The third kappa shape index (κ3) is 7.12. The zero-order chi connectivity index (χ0) is 19.6. The van der Waals surface area contributed by atoms with Crippen molar-refractivity contribution in [2.45, 2.75) is 26.3 Å². The second-order valence-corrected chi connectivity index (χ2v) is 7.08. The van der Waals surface area contributed by atoms with Gasteiger partial charge in [-0.25, -0.2) is 4.39 Å². The van der Waals surface area contributed by atoms with Crippen LogP contribution in [-0.4, -0.2) is 42.2 Å². The van der Waals surface area contributed by atoms with Crippen LogP contribution in [0.5, 0.6) is 0 Å². The minimum Gasteiger partial charge on any atom is -0.395 e. The number of nitrogens with zero attached hydrogens (tertiary/aromatic N) is 1. The molecule has 0 aliphatic carbocycles. The molecule has 5 heteroatoms. The van der Waals surface area contributed by atoms with E-state index in [4.69, 9.17) is 0 Å². The zero-order valence-corrected chi connectivity index (χ0v) is 16.1. The molecule has 0 heterocycles. The molecule has 146 valence electrons. The first kappa shape index (κ1) is 21.1. The first-order valence-corrected chi connectivity index (χ1v) is 9.41. The summed E-state index contributed by atoms with van der Waals surface area (Å²) in [5.74, 6) is -0.211. The lowest BCUT2D eigenvalue weighted by Gasteiger charge is -2.26. The summed E-state index contributed by atoms with van der Waals surface area (Å²) in [7, 11) is 0. The smallest absolute Gasteiger partial charge is 0.234 e. The molecule has 0 saturated carbocycles. The van der Waals surface area contributed by atoms with Crippen molar-refractivity contribution in [3.8, 4) is 0 Å². The summed E-state index contributed by atoms with van der Waals surface area (Å²) >= 11 is 0. The topological polar surface area (TPSA) is 52.6 Å². The molecule has 4 nitrogen and oxygen atoms in total. The molecule has 2 N–H and O–H groups in total. The van der Waals surface area contributed by atoms with Crippen LogP contribution >= 0.6 is 0 Å². The molecule has 0 aliphatic rings. The van der Waals surface area contributed by atoms with Gasteiger partial charge in [-0.1, -0.05) is 56.3 Å². The third-order valence-corrected chi connectivity index (χ3v) is 4.56. The maximum atomic E-state index is 13.2. The first-order chi connectivity index (χ1) is 13.0. The van der Waals surface area contributed by atoms with Gasteiger partial charge in [0.05, 0.1) is 19.2 Å². The number of halogens is 1. The summed E-state index contributed by atoms with van der Waals surface area (Å²) in [6.07, 6.45) is 0.819. The predicted molar refractivity (Wildman–Crippen MR) is 106 cm³/mol. The SMILES string of the molecule is CC(C)C(NC(=O)CN(CCO)CCc1ccccc1)c1ccc(F)cc1. The van der Waals surface area contributed by atoms with E-state index in [0.717, 1.165) is 12.0 Å². The monoisotopic (exact) mass is 372 g/mol. The lowest BCUT2D eigenvalue weighted by molar-refractivity contribution is -0.123. The molecule has 2 aromatic rings. The first-order valence-electron chi connectivity index (χ1n) is 9.41. The maximum Gasteiger partial charge on any atom is 0.234 e. The lowest BCUT2D eigenvalue weighted by atomic mass is 9.96. The summed E-state index contributed by atoms with van der Waals surface area (Å²) in [4.78, 5) is 14.5. The van der Waals surface area contributed by atoms with E-state index < -0.39 is 0 Å². The summed E-state index contributed by atoms with van der Waals surface area (Å²) in [5, 5.41) is 12.4. The van der Waals surface area contributed by atoms with Crippen LogP contribution in [0.3, 0.4) is 0 Å². The fourth-order valence-electron chi connectivity index (χ4n) is 3.07. The standard InChI is InChI=1S/C22H29FN2O2/c1-17(2)22(19-8-10-20(23)11-9-19)24-21(27)16-25(14-15-26)13-12-18-6-4-3-5-7-18/h3-11,17,22,26H,12-16H2,1-2H3,(H,24,27). The van der Waals surface area contributed by atoms with Crippen LogP contribution in [0.25, 0.3) is 0 Å². The highest BCUT2D eigenvalue weighted by atomic mass is 19.1. The van der Waals surface area contributed by atoms with Gasteiger partial charge in [-0.3, -0.25) is 9.69 Å². The van der Waals surface area contributed by atoms with Gasteiger partial charge < -0.3 is 10.4 Å². The number of nitrogens with one attached hydrogen (secondary N) is 1. The molecular formula is C22H29FN2O2. The number of aliphatic hydroxyl groups excluding tert-OH is 1. The molecule has 1 amide bonds. The molecule has 0 spiro atoms. The number of carbonyl (C=O) groups is 1. The number of carbonyl (C=O) groups excluding carboxylic acids is 1. The highest BCUT2D eigenvalue weighted by molar-refractivity contribution is 5.78. The van der Waals surface area contributed by atoms with Gasteiger partial charge in [0.25, 0.3) is 0 Å². The van der Waals surface area contributed by atoms with E-state index in [9.17, 15) is 14.3 Å². The minimum absolute atomic E-state index is 0.00758. The molecule has 0 bridgehead atoms. The summed E-state index contributed by atoms with van der Waals surface area (Å²) in [5.41, 5.74) is 2.09. The van der Waals surface area contributed by atoms with Crippen molar-refractivity contribution in [1.29, 1.82) is 0 Å². The van der Waals surface area contributed by atoms with Crippen LogP contribution in [0.15, 0.2) is 54.6 Å².